The molecule has 0 N–H and O–H groups in total. The molecule has 1 amide bonds. The number of carbonyl (C=O) groups is 2. The minimum atomic E-state index is -0.842. The second-order valence-electron chi connectivity index (χ2n) is 6.77. The Morgan fingerprint density at radius 2 is 1.93 bits per heavy atom. The van der Waals surface area contributed by atoms with Crippen molar-refractivity contribution in [2.45, 2.75) is 26.5 Å². The predicted molar refractivity (Wildman–Crippen MR) is 108 cm³/mol. The summed E-state index contributed by atoms with van der Waals surface area (Å²) in [6, 6.07) is 11.2. The molecule has 7 nitrogen and oxygen atoms in total. The lowest BCUT2D eigenvalue weighted by molar-refractivity contribution is -0.141. The van der Waals surface area contributed by atoms with Gasteiger partial charge < -0.3 is 18.8 Å². The quantitative estimate of drug-likeness (QED) is 0.618. The Kier molecular flexibility index (Phi) is 5.10. The van der Waals surface area contributed by atoms with E-state index in [-0.39, 0.29) is 13.2 Å². The van der Waals surface area contributed by atoms with Gasteiger partial charge in [-0.25, -0.2) is 0 Å². The third-order valence-corrected chi connectivity index (χ3v) is 5.84. The van der Waals surface area contributed by atoms with Gasteiger partial charge in [-0.15, -0.1) is 0 Å². The molecular weight excluding hydrogens is 392 g/mol. The van der Waals surface area contributed by atoms with Crippen molar-refractivity contribution in [1.82, 2.24) is 4.57 Å². The summed E-state index contributed by atoms with van der Waals surface area (Å²) in [6.45, 7) is 4.07. The first-order valence-electron chi connectivity index (χ1n) is 9.10. The summed E-state index contributed by atoms with van der Waals surface area (Å²) in [5.74, 6) is 0.239. The first-order valence-corrected chi connectivity index (χ1v) is 9.92. The Morgan fingerprint density at radius 1 is 1.21 bits per heavy atom. The number of para-hydroxylation sites is 2. The van der Waals surface area contributed by atoms with Crippen LogP contribution in [0.5, 0.6) is 11.5 Å². The number of aryl methyl sites for hydroxylation is 2. The van der Waals surface area contributed by atoms with Gasteiger partial charge >= 0.3 is 5.97 Å². The molecule has 2 aromatic carbocycles. The van der Waals surface area contributed by atoms with E-state index in [1.165, 1.54) is 18.4 Å². The minimum absolute atomic E-state index is 0.0318. The fourth-order valence-electron chi connectivity index (χ4n) is 3.06. The average molecular weight is 412 g/mol. The summed E-state index contributed by atoms with van der Waals surface area (Å²) in [5.41, 5.74) is 3.05. The highest BCUT2D eigenvalue weighted by Gasteiger charge is 2.27. The Balaban J connectivity index is 1.74. The van der Waals surface area contributed by atoms with Crippen LogP contribution in [0.25, 0.3) is 10.2 Å². The number of esters is 1. The number of fused-ring (bicyclic) bond motifs is 2. The Morgan fingerprint density at radius 3 is 2.69 bits per heavy atom. The van der Waals surface area contributed by atoms with Gasteiger partial charge in [0.25, 0.3) is 5.91 Å². The lowest BCUT2D eigenvalue weighted by atomic mass is 10.1. The molecule has 1 aromatic heterocycles. The highest BCUT2D eigenvalue weighted by molar-refractivity contribution is 7.16. The predicted octanol–water partition coefficient (Wildman–Crippen LogP) is 2.76. The molecule has 0 aliphatic carbocycles. The van der Waals surface area contributed by atoms with Crippen LogP contribution in [0, 0.1) is 13.8 Å². The average Bonchev–Trinajstić information content (AvgIpc) is 3.03. The van der Waals surface area contributed by atoms with Gasteiger partial charge in [-0.1, -0.05) is 23.5 Å². The Hall–Kier alpha value is -3.13. The number of methoxy groups -OCH3 is 1. The molecule has 0 radical (unpaired) electrons. The second-order valence-corrected chi connectivity index (χ2v) is 7.77. The van der Waals surface area contributed by atoms with Gasteiger partial charge in [0.1, 0.15) is 13.2 Å². The largest absolute Gasteiger partial charge is 0.485 e. The van der Waals surface area contributed by atoms with Gasteiger partial charge in [0.15, 0.2) is 16.3 Å². The van der Waals surface area contributed by atoms with Gasteiger partial charge in [-0.2, -0.15) is 4.99 Å². The van der Waals surface area contributed by atoms with E-state index in [4.69, 9.17) is 14.2 Å². The maximum Gasteiger partial charge on any atom is 0.325 e. The molecule has 1 aliphatic rings. The van der Waals surface area contributed by atoms with Crippen LogP contribution in [0.1, 0.15) is 11.1 Å². The molecule has 0 fully saturated rings. The van der Waals surface area contributed by atoms with E-state index in [0.717, 1.165) is 21.3 Å². The van der Waals surface area contributed by atoms with Crippen molar-refractivity contribution in [3.8, 4) is 11.5 Å². The van der Waals surface area contributed by atoms with E-state index in [2.05, 4.69) is 4.99 Å². The van der Waals surface area contributed by atoms with Gasteiger partial charge in [0, 0.05) is 0 Å². The van der Waals surface area contributed by atoms with Gasteiger partial charge in [-0.05, 0) is 49.2 Å². The van der Waals surface area contributed by atoms with Crippen molar-refractivity contribution in [2.75, 3.05) is 13.7 Å². The number of amides is 1. The Bertz CT molecular complexity index is 1180. The zero-order chi connectivity index (χ0) is 20.5. The second kappa shape index (κ2) is 7.71. The first kappa shape index (κ1) is 19.2. The van der Waals surface area contributed by atoms with E-state index >= 15 is 0 Å². The molecule has 8 heteroatoms. The van der Waals surface area contributed by atoms with Crippen LogP contribution in [-0.4, -0.2) is 36.3 Å². The molecule has 0 saturated heterocycles. The lowest BCUT2D eigenvalue weighted by Gasteiger charge is -2.23. The van der Waals surface area contributed by atoms with Crippen LogP contribution in [0.15, 0.2) is 41.4 Å². The van der Waals surface area contributed by atoms with Crippen LogP contribution in [0.2, 0.25) is 0 Å². The maximum absolute atomic E-state index is 12.8. The number of hydrogen-bond acceptors (Lipinski definition) is 6. The number of rotatable bonds is 3. The third kappa shape index (κ3) is 3.75. The van der Waals surface area contributed by atoms with E-state index < -0.39 is 18.0 Å². The number of ether oxygens (including phenoxy) is 3. The van der Waals surface area contributed by atoms with E-state index in [9.17, 15) is 9.59 Å². The van der Waals surface area contributed by atoms with Crippen molar-refractivity contribution in [3.05, 3.63) is 52.3 Å². The molecule has 2 heterocycles. The van der Waals surface area contributed by atoms with E-state index in [0.29, 0.717) is 16.3 Å². The molecule has 150 valence electrons. The van der Waals surface area contributed by atoms with Crippen molar-refractivity contribution in [3.63, 3.8) is 0 Å². The van der Waals surface area contributed by atoms with Crippen LogP contribution in [-0.2, 0) is 20.9 Å². The molecule has 1 aliphatic heterocycles. The number of thiazole rings is 1. The SMILES string of the molecule is COC(=O)Cn1c(=NC(=O)[C@@H]2COc3ccccc3O2)sc2cc(C)c(C)cc21. The minimum Gasteiger partial charge on any atom is -0.485 e. The normalized spacial score (nSPS) is 16.1. The zero-order valence-electron chi connectivity index (χ0n) is 16.3. The molecule has 0 spiro atoms. The zero-order valence-corrected chi connectivity index (χ0v) is 17.1. The highest BCUT2D eigenvalue weighted by Crippen LogP contribution is 2.31. The fraction of sp³-hybridized carbons (Fsp3) is 0.286. The molecule has 4 rings (SSSR count). The summed E-state index contributed by atoms with van der Waals surface area (Å²) >= 11 is 1.35. The van der Waals surface area contributed by atoms with Crippen LogP contribution < -0.4 is 14.3 Å². The Labute approximate surface area is 171 Å². The van der Waals surface area contributed by atoms with Crippen molar-refractivity contribution >= 4 is 33.4 Å². The summed E-state index contributed by atoms with van der Waals surface area (Å²) in [4.78, 5) is 29.4. The fourth-order valence-corrected chi connectivity index (χ4v) is 4.18. The van der Waals surface area contributed by atoms with Crippen molar-refractivity contribution in [2.24, 2.45) is 4.99 Å². The number of carbonyl (C=O) groups excluding carboxylic acids is 2. The van der Waals surface area contributed by atoms with Crippen LogP contribution in [0.3, 0.4) is 0 Å². The number of nitrogens with zero attached hydrogens (tertiary/aromatic N) is 2. The molecule has 0 bridgehead atoms. The van der Waals surface area contributed by atoms with Gasteiger partial charge in [0.05, 0.1) is 17.3 Å². The van der Waals surface area contributed by atoms with Gasteiger partial charge in [-0.3, -0.25) is 9.59 Å². The lowest BCUT2D eigenvalue weighted by Crippen LogP contribution is -2.37. The molecule has 0 saturated carbocycles. The maximum atomic E-state index is 12.8. The molecule has 29 heavy (non-hydrogen) atoms. The van der Waals surface area contributed by atoms with Crippen LogP contribution >= 0.6 is 11.3 Å². The monoisotopic (exact) mass is 412 g/mol. The summed E-state index contributed by atoms with van der Waals surface area (Å²) in [6.07, 6.45) is -0.842. The molecular formula is C21H20N2O5S. The first-order chi connectivity index (χ1) is 14.0. The number of aromatic nitrogens is 1. The smallest absolute Gasteiger partial charge is 0.325 e. The topological polar surface area (TPSA) is 79.1 Å². The summed E-state index contributed by atoms with van der Waals surface area (Å²) < 4.78 is 18.8. The van der Waals surface area contributed by atoms with Crippen molar-refractivity contribution < 1.29 is 23.8 Å². The summed E-state index contributed by atoms with van der Waals surface area (Å²) in [5, 5.41) is 0. The molecule has 1 atom stereocenters. The summed E-state index contributed by atoms with van der Waals surface area (Å²) in [7, 11) is 1.33. The standard InChI is InChI=1S/C21H20N2O5S/c1-12-8-14-18(9-13(12)2)29-21(23(14)10-19(24)26-3)22-20(25)17-11-27-15-6-4-5-7-16(15)28-17/h4-9,17H,10-11H2,1-3H3/t17-/m0/s1. The molecule has 0 unspecified atom stereocenters. The van der Waals surface area contributed by atoms with Crippen molar-refractivity contribution in [1.29, 1.82) is 0 Å². The third-order valence-electron chi connectivity index (χ3n) is 4.80. The van der Waals surface area contributed by atoms with E-state index in [1.54, 1.807) is 16.7 Å². The molecule has 3 aromatic rings. The van der Waals surface area contributed by atoms with E-state index in [1.807, 2.05) is 38.1 Å². The highest BCUT2D eigenvalue weighted by atomic mass is 32.1. The van der Waals surface area contributed by atoms with Gasteiger partial charge in [0.2, 0.25) is 6.10 Å². The number of benzene rings is 2. The number of hydrogen-bond donors (Lipinski definition) is 0. The van der Waals surface area contributed by atoms with Crippen LogP contribution in [0.4, 0.5) is 0 Å².